The van der Waals surface area contributed by atoms with Gasteiger partial charge in [-0.3, -0.25) is 9.59 Å². The predicted molar refractivity (Wildman–Crippen MR) is 210 cm³/mol. The molecule has 2 heterocycles. The normalized spacial score (nSPS) is 43.4. The van der Waals surface area contributed by atoms with Crippen LogP contribution in [0.15, 0.2) is 85.1 Å². The third kappa shape index (κ3) is 18.0. The van der Waals surface area contributed by atoms with Gasteiger partial charge in [-0.2, -0.15) is 0 Å². The molecule has 2 rings (SSSR count). The summed E-state index contributed by atoms with van der Waals surface area (Å²) in [6.45, 7) is 5.19. The van der Waals surface area contributed by atoms with Gasteiger partial charge in [0.15, 0.2) is 5.79 Å². The van der Waals surface area contributed by atoms with Crippen molar-refractivity contribution < 1.29 is 74.9 Å². The zero-order valence-electron chi connectivity index (χ0n) is 33.1. The molecule has 1 saturated heterocycles. The van der Waals surface area contributed by atoms with Crippen LogP contribution in [0.3, 0.4) is 0 Å². The number of carboxylic acids is 1. The lowest BCUT2D eigenvalue weighted by Gasteiger charge is -2.44. The van der Waals surface area contributed by atoms with Crippen molar-refractivity contribution in [1.29, 1.82) is 0 Å². The van der Waals surface area contributed by atoms with Crippen molar-refractivity contribution in [3.63, 3.8) is 0 Å². The Kier molecular flexibility index (Phi) is 22.1. The van der Waals surface area contributed by atoms with Gasteiger partial charge < -0.3 is 65.3 Å². The van der Waals surface area contributed by atoms with E-state index in [4.69, 9.17) is 14.2 Å². The van der Waals surface area contributed by atoms with E-state index in [1.54, 1.807) is 56.4 Å². The molecule has 15 nitrogen and oxygen atoms in total. The van der Waals surface area contributed by atoms with Crippen LogP contribution < -0.4 is 0 Å². The second-order valence-electron chi connectivity index (χ2n) is 15.0. The van der Waals surface area contributed by atoms with Gasteiger partial charge in [-0.05, 0) is 13.3 Å². The lowest BCUT2D eigenvalue weighted by Crippen LogP contribution is -2.56. The molecule has 57 heavy (non-hydrogen) atoms. The average molecular weight is 809 g/mol. The minimum atomic E-state index is -2.29. The van der Waals surface area contributed by atoms with Crippen LogP contribution in [0.5, 0.6) is 0 Å². The molecule has 322 valence electrons. The Morgan fingerprint density at radius 2 is 1.16 bits per heavy atom. The van der Waals surface area contributed by atoms with Gasteiger partial charge in [0.05, 0.1) is 67.5 Å². The van der Waals surface area contributed by atoms with Gasteiger partial charge in [-0.25, -0.2) is 0 Å². The zero-order valence-corrected chi connectivity index (χ0v) is 33.1. The average Bonchev–Trinajstić information content (AvgIpc) is 3.12. The van der Waals surface area contributed by atoms with Crippen molar-refractivity contribution in [2.45, 2.75) is 139 Å². The van der Waals surface area contributed by atoms with Crippen LogP contribution >= 0.6 is 0 Å². The summed E-state index contributed by atoms with van der Waals surface area (Å²) < 4.78 is 16.7. The molecule has 2 aliphatic heterocycles. The number of rotatable bonds is 2. The van der Waals surface area contributed by atoms with Gasteiger partial charge in [0.25, 0.3) is 0 Å². The predicted octanol–water partition coefficient (Wildman–Crippen LogP) is 1.52. The van der Waals surface area contributed by atoms with Crippen LogP contribution in [0.1, 0.15) is 65.7 Å². The van der Waals surface area contributed by atoms with Crippen LogP contribution in [0.25, 0.3) is 0 Å². The summed E-state index contributed by atoms with van der Waals surface area (Å²) in [5, 5.41) is 106. The standard InChI is InChI=1S/C42H64O15/c1-26-17-15-13-11-9-7-5-6-8-10-12-14-16-18-31(55-4)22-37-39(41(52)53)36(49)25-42(54,57-37)24-35(48)34(47)23-33(46)32(45)20-29(43)19-30(44)21-38(50)56-28(3)27(2)40(26)51/h5-18,26-37,39-40,43-49,51,54H,19-25H2,1-4H3,(H,52,53)/b6-5+,9-7+,10-8+,13-11+,14-12+,17-15+,18-16+/t26-,27-,28-,29-,30+,31-,32-,33-,34+,35+,36-,37-,39+,40+,42+/m0/s1. The summed E-state index contributed by atoms with van der Waals surface area (Å²) in [7, 11) is 1.40. The minimum Gasteiger partial charge on any atom is -0.481 e. The van der Waals surface area contributed by atoms with Crippen LogP contribution in [-0.4, -0.2) is 143 Å². The third-order valence-corrected chi connectivity index (χ3v) is 10.2. The molecule has 15 heteroatoms. The van der Waals surface area contributed by atoms with Crippen LogP contribution in [0.2, 0.25) is 0 Å². The fraction of sp³-hybridized carbons (Fsp3) is 0.619. The van der Waals surface area contributed by atoms with Crippen molar-refractivity contribution in [3.8, 4) is 0 Å². The number of aliphatic carboxylic acids is 1. The largest absolute Gasteiger partial charge is 0.481 e. The first-order valence-electron chi connectivity index (χ1n) is 19.4. The molecular weight excluding hydrogens is 744 g/mol. The second-order valence-corrected chi connectivity index (χ2v) is 15.0. The Bertz CT molecular complexity index is 1420. The Morgan fingerprint density at radius 1 is 0.667 bits per heavy atom. The van der Waals surface area contributed by atoms with Gasteiger partial charge in [-0.1, -0.05) is 98.9 Å². The van der Waals surface area contributed by atoms with Crippen LogP contribution in [0.4, 0.5) is 0 Å². The summed E-state index contributed by atoms with van der Waals surface area (Å²) in [4.78, 5) is 24.7. The van der Waals surface area contributed by atoms with Gasteiger partial charge in [0.1, 0.15) is 12.0 Å². The molecule has 1 fully saturated rings. The van der Waals surface area contributed by atoms with Crippen LogP contribution in [0, 0.1) is 17.8 Å². The van der Waals surface area contributed by atoms with Crippen molar-refractivity contribution in [2.75, 3.05) is 7.11 Å². The third-order valence-electron chi connectivity index (χ3n) is 10.2. The van der Waals surface area contributed by atoms with Gasteiger partial charge >= 0.3 is 11.9 Å². The van der Waals surface area contributed by atoms with Crippen LogP contribution in [-0.2, 0) is 23.8 Å². The lowest BCUT2D eigenvalue weighted by molar-refractivity contribution is -0.302. The highest BCUT2D eigenvalue weighted by atomic mass is 16.6. The highest BCUT2D eigenvalue weighted by Gasteiger charge is 2.50. The summed E-state index contributed by atoms with van der Waals surface area (Å²) in [6.07, 6.45) is 6.84. The number of aliphatic hydroxyl groups is 9. The first kappa shape index (κ1) is 49.8. The number of methoxy groups -OCH3 is 1. The van der Waals surface area contributed by atoms with Crippen molar-refractivity contribution in [2.24, 2.45) is 17.8 Å². The topological polar surface area (TPSA) is 264 Å². The SMILES string of the molecule is CO[C@H]1/C=C/C=C/C=C/C=C/C=C/C=C/C=C/[C@H](C)[C@@H](O)[C@@H](C)[C@H](C)OC(=O)C[C@H](O)C[C@H](O)C[C@H](O)[C@@H](O)C[C@@H](O)[C@H](O)C[C@]2(O)C[C@H](O)[C@@H](C(=O)O)[C@H](C1)O2. The first-order chi connectivity index (χ1) is 26.9. The summed E-state index contributed by atoms with van der Waals surface area (Å²) in [5.41, 5.74) is 0. The first-order valence-corrected chi connectivity index (χ1v) is 19.4. The molecule has 0 aromatic heterocycles. The molecule has 0 aromatic rings. The van der Waals surface area contributed by atoms with Crippen molar-refractivity contribution in [1.82, 2.24) is 0 Å². The van der Waals surface area contributed by atoms with E-state index in [9.17, 15) is 60.7 Å². The number of ether oxygens (including phenoxy) is 3. The molecule has 0 radical (unpaired) electrons. The molecule has 10 N–H and O–H groups in total. The number of carboxylic acid groups (broad SMARTS) is 1. The lowest BCUT2D eigenvalue weighted by atomic mass is 9.82. The Balaban J connectivity index is 2.25. The van der Waals surface area contributed by atoms with E-state index in [1.807, 2.05) is 49.5 Å². The Hall–Kier alpha value is -3.32. The number of hydrogen-bond donors (Lipinski definition) is 10. The zero-order chi connectivity index (χ0) is 42.7. The quantitative estimate of drug-likeness (QED) is 0.177. The number of carbonyl (C=O) groups is 2. The van der Waals surface area contributed by atoms with E-state index < -0.39 is 129 Å². The van der Waals surface area contributed by atoms with Gasteiger partial charge in [0.2, 0.25) is 0 Å². The highest BCUT2D eigenvalue weighted by Crippen LogP contribution is 2.37. The number of fused-ring (bicyclic) bond motifs is 2. The van der Waals surface area contributed by atoms with E-state index in [1.165, 1.54) is 7.11 Å². The Morgan fingerprint density at radius 3 is 1.70 bits per heavy atom. The van der Waals surface area contributed by atoms with E-state index >= 15 is 0 Å². The molecule has 0 aliphatic carbocycles. The monoisotopic (exact) mass is 808 g/mol. The van der Waals surface area contributed by atoms with Crippen molar-refractivity contribution >= 4 is 11.9 Å². The molecule has 2 aliphatic rings. The van der Waals surface area contributed by atoms with E-state index in [0.29, 0.717) is 0 Å². The number of hydrogen-bond acceptors (Lipinski definition) is 14. The maximum Gasteiger partial charge on any atom is 0.311 e. The van der Waals surface area contributed by atoms with E-state index in [0.717, 1.165) is 0 Å². The number of cyclic esters (lactones) is 1. The molecule has 0 unspecified atom stereocenters. The van der Waals surface area contributed by atoms with Gasteiger partial charge in [0, 0.05) is 51.0 Å². The van der Waals surface area contributed by atoms with Gasteiger partial charge in [-0.15, -0.1) is 0 Å². The fourth-order valence-corrected chi connectivity index (χ4v) is 6.69. The molecule has 15 atom stereocenters. The minimum absolute atomic E-state index is 0.104. The Labute approximate surface area is 334 Å². The summed E-state index contributed by atoms with van der Waals surface area (Å²) in [5.74, 6) is -6.61. The smallest absolute Gasteiger partial charge is 0.311 e. The fourth-order valence-electron chi connectivity index (χ4n) is 6.69. The molecule has 2 bridgehead atoms. The second kappa shape index (κ2) is 25.2. The van der Waals surface area contributed by atoms with Crippen molar-refractivity contribution in [3.05, 3.63) is 85.1 Å². The maximum atomic E-state index is 12.6. The summed E-state index contributed by atoms with van der Waals surface area (Å²) >= 11 is 0. The highest BCUT2D eigenvalue weighted by molar-refractivity contribution is 5.71. The molecule has 0 amide bonds. The molecule has 0 saturated carbocycles. The van der Waals surface area contributed by atoms with E-state index in [-0.39, 0.29) is 18.8 Å². The number of carbonyl (C=O) groups excluding carboxylic acids is 1. The number of esters is 1. The molecular formula is C42H64O15. The number of aliphatic hydroxyl groups excluding tert-OH is 8. The molecule has 0 aromatic carbocycles. The number of allylic oxidation sites excluding steroid dienone is 12. The van der Waals surface area contributed by atoms with E-state index in [2.05, 4.69) is 0 Å². The molecule has 0 spiro atoms. The summed E-state index contributed by atoms with van der Waals surface area (Å²) in [6, 6.07) is 0. The maximum absolute atomic E-state index is 12.6.